The van der Waals surface area contributed by atoms with Gasteiger partial charge < -0.3 is 14.6 Å². The minimum absolute atomic E-state index is 0.0329. The summed E-state index contributed by atoms with van der Waals surface area (Å²) in [5.74, 6) is 0.473. The SMILES string of the molecule is O=C(CSc1nncn1C1CC1)N(CCO)C1CCC1. The lowest BCUT2D eigenvalue weighted by molar-refractivity contribution is -0.132. The number of hydrogen-bond donors (Lipinski definition) is 1. The molecule has 1 aromatic rings. The maximum atomic E-state index is 12.3. The third-order valence-electron chi connectivity index (χ3n) is 3.98. The van der Waals surface area contributed by atoms with Crippen molar-refractivity contribution in [3.63, 3.8) is 0 Å². The van der Waals surface area contributed by atoms with E-state index in [1.807, 2.05) is 4.90 Å². The molecule has 1 heterocycles. The van der Waals surface area contributed by atoms with Crippen LogP contribution in [0, 0.1) is 0 Å². The van der Waals surface area contributed by atoms with E-state index in [1.165, 1.54) is 31.0 Å². The second-order valence-corrected chi connectivity index (χ2v) is 6.38. The second-order valence-electron chi connectivity index (χ2n) is 5.44. The number of aromatic nitrogens is 3. The van der Waals surface area contributed by atoms with Crippen LogP contribution >= 0.6 is 11.8 Å². The maximum absolute atomic E-state index is 12.3. The number of nitrogens with zero attached hydrogens (tertiary/aromatic N) is 4. The largest absolute Gasteiger partial charge is 0.395 e. The fraction of sp³-hybridized carbons (Fsp3) is 0.769. The number of amides is 1. The lowest BCUT2D eigenvalue weighted by Gasteiger charge is -2.37. The van der Waals surface area contributed by atoms with Crippen LogP contribution in [0.25, 0.3) is 0 Å². The summed E-state index contributed by atoms with van der Waals surface area (Å²) in [6.45, 7) is 0.477. The Labute approximate surface area is 122 Å². The number of carbonyl (C=O) groups is 1. The van der Waals surface area contributed by atoms with Gasteiger partial charge in [-0.1, -0.05) is 11.8 Å². The van der Waals surface area contributed by atoms with Crippen LogP contribution in [-0.4, -0.2) is 55.6 Å². The Kier molecular flexibility index (Phi) is 4.26. The molecule has 0 bridgehead atoms. The predicted molar refractivity (Wildman–Crippen MR) is 75.5 cm³/mol. The summed E-state index contributed by atoms with van der Waals surface area (Å²) in [5, 5.41) is 18.0. The molecule has 7 heteroatoms. The molecule has 2 aliphatic carbocycles. The summed E-state index contributed by atoms with van der Waals surface area (Å²) in [5.41, 5.74) is 0. The van der Waals surface area contributed by atoms with Gasteiger partial charge >= 0.3 is 0 Å². The highest BCUT2D eigenvalue weighted by Gasteiger charge is 2.29. The van der Waals surface area contributed by atoms with Gasteiger partial charge in [0, 0.05) is 18.6 Å². The van der Waals surface area contributed by atoms with Crippen molar-refractivity contribution in [1.29, 1.82) is 0 Å². The van der Waals surface area contributed by atoms with Gasteiger partial charge in [-0.3, -0.25) is 4.79 Å². The van der Waals surface area contributed by atoms with Crippen LogP contribution in [0.2, 0.25) is 0 Å². The average Bonchev–Trinajstić information content (AvgIpc) is 3.12. The fourth-order valence-corrected chi connectivity index (χ4v) is 3.33. The molecule has 110 valence electrons. The normalized spacial score (nSPS) is 18.9. The number of aliphatic hydroxyl groups is 1. The van der Waals surface area contributed by atoms with Crippen molar-refractivity contribution in [2.45, 2.75) is 49.3 Å². The summed E-state index contributed by atoms with van der Waals surface area (Å²) in [4.78, 5) is 14.1. The van der Waals surface area contributed by atoms with E-state index in [-0.39, 0.29) is 12.5 Å². The molecular weight excluding hydrogens is 276 g/mol. The van der Waals surface area contributed by atoms with Crippen molar-refractivity contribution < 1.29 is 9.90 Å². The predicted octanol–water partition coefficient (Wildman–Crippen LogP) is 1.08. The molecule has 2 fully saturated rings. The fourth-order valence-electron chi connectivity index (χ4n) is 2.46. The average molecular weight is 296 g/mol. The smallest absolute Gasteiger partial charge is 0.233 e. The van der Waals surface area contributed by atoms with E-state index >= 15 is 0 Å². The Morgan fingerprint density at radius 3 is 2.85 bits per heavy atom. The van der Waals surface area contributed by atoms with Crippen molar-refractivity contribution >= 4 is 17.7 Å². The molecule has 1 N–H and O–H groups in total. The summed E-state index contributed by atoms with van der Waals surface area (Å²) in [6.07, 6.45) is 7.42. The molecule has 3 rings (SSSR count). The molecule has 2 aliphatic rings. The van der Waals surface area contributed by atoms with Crippen LogP contribution < -0.4 is 0 Å². The van der Waals surface area contributed by atoms with Gasteiger partial charge in [0.25, 0.3) is 0 Å². The highest BCUT2D eigenvalue weighted by Crippen LogP contribution is 2.37. The van der Waals surface area contributed by atoms with E-state index in [0.717, 1.165) is 18.0 Å². The van der Waals surface area contributed by atoms with Crippen LogP contribution in [0.5, 0.6) is 0 Å². The standard InChI is InChI=1S/C13H20N4O2S/c18-7-6-16(10-2-1-3-10)12(19)8-20-13-15-14-9-17(13)11-4-5-11/h9-11,18H,1-8H2. The first-order valence-electron chi connectivity index (χ1n) is 7.22. The Morgan fingerprint density at radius 2 is 2.25 bits per heavy atom. The van der Waals surface area contributed by atoms with Gasteiger partial charge in [0.15, 0.2) is 5.16 Å². The van der Waals surface area contributed by atoms with Crippen molar-refractivity contribution in [3.8, 4) is 0 Å². The highest BCUT2D eigenvalue weighted by atomic mass is 32.2. The van der Waals surface area contributed by atoms with E-state index in [1.54, 1.807) is 6.33 Å². The van der Waals surface area contributed by atoms with Gasteiger partial charge in [0.05, 0.1) is 12.4 Å². The molecule has 0 aromatic carbocycles. The van der Waals surface area contributed by atoms with Gasteiger partial charge in [-0.2, -0.15) is 0 Å². The summed E-state index contributed by atoms with van der Waals surface area (Å²) in [7, 11) is 0. The topological polar surface area (TPSA) is 71.2 Å². The zero-order valence-corrected chi connectivity index (χ0v) is 12.3. The van der Waals surface area contributed by atoms with Gasteiger partial charge in [-0.15, -0.1) is 10.2 Å². The Bertz CT molecular complexity index is 471. The van der Waals surface area contributed by atoms with E-state index in [0.29, 0.717) is 24.4 Å². The molecule has 1 aromatic heterocycles. The number of hydrogen-bond acceptors (Lipinski definition) is 5. The molecule has 0 spiro atoms. The number of carbonyl (C=O) groups excluding carboxylic acids is 1. The molecule has 0 unspecified atom stereocenters. The zero-order valence-electron chi connectivity index (χ0n) is 11.4. The molecule has 20 heavy (non-hydrogen) atoms. The van der Waals surface area contributed by atoms with Crippen molar-refractivity contribution in [2.24, 2.45) is 0 Å². The first-order valence-corrected chi connectivity index (χ1v) is 8.21. The first-order chi connectivity index (χ1) is 9.79. The minimum Gasteiger partial charge on any atom is -0.395 e. The minimum atomic E-state index is 0.0329. The lowest BCUT2D eigenvalue weighted by atomic mass is 9.91. The Balaban J connectivity index is 1.55. The van der Waals surface area contributed by atoms with Crippen LogP contribution in [0.4, 0.5) is 0 Å². The molecule has 0 radical (unpaired) electrons. The van der Waals surface area contributed by atoms with Gasteiger partial charge in [-0.05, 0) is 32.1 Å². The van der Waals surface area contributed by atoms with Crippen LogP contribution in [-0.2, 0) is 4.79 Å². The van der Waals surface area contributed by atoms with Crippen molar-refractivity contribution in [3.05, 3.63) is 6.33 Å². The second kappa shape index (κ2) is 6.13. The summed E-state index contributed by atoms with van der Waals surface area (Å²) >= 11 is 1.45. The maximum Gasteiger partial charge on any atom is 0.233 e. The molecule has 2 saturated carbocycles. The van der Waals surface area contributed by atoms with E-state index < -0.39 is 0 Å². The van der Waals surface area contributed by atoms with E-state index in [2.05, 4.69) is 14.8 Å². The van der Waals surface area contributed by atoms with Gasteiger partial charge in [0.2, 0.25) is 5.91 Å². The quantitative estimate of drug-likeness (QED) is 0.762. The van der Waals surface area contributed by atoms with E-state index in [4.69, 9.17) is 5.11 Å². The number of thioether (sulfide) groups is 1. The number of rotatable bonds is 7. The Hall–Kier alpha value is -1.08. The van der Waals surface area contributed by atoms with Crippen molar-refractivity contribution in [1.82, 2.24) is 19.7 Å². The van der Waals surface area contributed by atoms with Crippen LogP contribution in [0.3, 0.4) is 0 Å². The lowest BCUT2D eigenvalue weighted by Crippen LogP contribution is -2.46. The monoisotopic (exact) mass is 296 g/mol. The third kappa shape index (κ3) is 2.98. The Morgan fingerprint density at radius 1 is 1.45 bits per heavy atom. The molecule has 1 amide bonds. The summed E-state index contributed by atoms with van der Waals surface area (Å²) < 4.78 is 2.07. The molecular formula is C13H20N4O2S. The van der Waals surface area contributed by atoms with E-state index in [9.17, 15) is 4.79 Å². The van der Waals surface area contributed by atoms with Gasteiger partial charge in [0.1, 0.15) is 6.33 Å². The first kappa shape index (κ1) is 13.9. The molecule has 0 atom stereocenters. The third-order valence-corrected chi connectivity index (χ3v) is 4.92. The molecule has 0 aliphatic heterocycles. The summed E-state index contributed by atoms with van der Waals surface area (Å²) in [6, 6.07) is 0.860. The van der Waals surface area contributed by atoms with Crippen molar-refractivity contribution in [2.75, 3.05) is 18.9 Å². The molecule has 6 nitrogen and oxygen atoms in total. The molecule has 0 saturated heterocycles. The van der Waals surface area contributed by atoms with Crippen LogP contribution in [0.1, 0.15) is 38.1 Å². The van der Waals surface area contributed by atoms with Gasteiger partial charge in [-0.25, -0.2) is 0 Å². The highest BCUT2D eigenvalue weighted by molar-refractivity contribution is 7.99. The zero-order chi connectivity index (χ0) is 13.9. The number of aliphatic hydroxyl groups excluding tert-OH is 1. The van der Waals surface area contributed by atoms with Crippen LogP contribution in [0.15, 0.2) is 11.5 Å².